The van der Waals surface area contributed by atoms with Gasteiger partial charge in [0, 0.05) is 19.6 Å². The van der Waals surface area contributed by atoms with Crippen molar-refractivity contribution >= 4 is 11.4 Å². The van der Waals surface area contributed by atoms with E-state index >= 15 is 0 Å². The molecule has 6 nitrogen and oxygen atoms in total. The number of nitrogens with one attached hydrogen (secondary N) is 1. The maximum atomic E-state index is 12.8. The molecule has 0 aromatic carbocycles. The quantitative estimate of drug-likeness (QED) is 0.667. The lowest BCUT2D eigenvalue weighted by Crippen LogP contribution is -2.57. The SMILES string of the molecule is CCCN(c1cc(C(F)(F)F)ncc1[N+](=O)[O-])C1CNC1. The van der Waals surface area contributed by atoms with E-state index in [1.807, 2.05) is 6.92 Å². The third-order valence-corrected chi connectivity index (χ3v) is 3.32. The Labute approximate surface area is 119 Å². The molecule has 116 valence electrons. The highest BCUT2D eigenvalue weighted by Gasteiger charge is 2.36. The molecule has 2 rings (SSSR count). The van der Waals surface area contributed by atoms with E-state index in [1.165, 1.54) is 0 Å². The number of nitro groups is 1. The summed E-state index contributed by atoms with van der Waals surface area (Å²) in [4.78, 5) is 15.2. The number of pyridine rings is 1. The fourth-order valence-electron chi connectivity index (χ4n) is 2.20. The van der Waals surface area contributed by atoms with Gasteiger partial charge >= 0.3 is 11.9 Å². The van der Waals surface area contributed by atoms with Crippen LogP contribution in [0.2, 0.25) is 0 Å². The molecule has 2 heterocycles. The summed E-state index contributed by atoms with van der Waals surface area (Å²) < 4.78 is 38.4. The molecular formula is C12H15F3N4O2. The number of halogens is 3. The van der Waals surface area contributed by atoms with E-state index in [1.54, 1.807) is 4.90 Å². The fraction of sp³-hybridized carbons (Fsp3) is 0.583. The number of aromatic nitrogens is 1. The van der Waals surface area contributed by atoms with Crippen LogP contribution < -0.4 is 10.2 Å². The Bertz CT molecular complexity index is 532. The van der Waals surface area contributed by atoms with Crippen LogP contribution in [0.4, 0.5) is 24.5 Å². The van der Waals surface area contributed by atoms with Gasteiger partial charge in [-0.25, -0.2) is 4.98 Å². The normalized spacial score (nSPS) is 15.6. The van der Waals surface area contributed by atoms with Crippen molar-refractivity contribution in [1.29, 1.82) is 0 Å². The number of nitrogens with zero attached hydrogens (tertiary/aromatic N) is 3. The second-order valence-corrected chi connectivity index (χ2v) is 4.82. The van der Waals surface area contributed by atoms with Gasteiger partial charge in [0.25, 0.3) is 0 Å². The second-order valence-electron chi connectivity index (χ2n) is 4.82. The van der Waals surface area contributed by atoms with E-state index in [0.717, 1.165) is 6.07 Å². The van der Waals surface area contributed by atoms with Crippen LogP contribution in [0, 0.1) is 10.1 Å². The van der Waals surface area contributed by atoms with Crippen molar-refractivity contribution < 1.29 is 18.1 Å². The minimum absolute atomic E-state index is 0.0179. The number of alkyl halides is 3. The van der Waals surface area contributed by atoms with Crippen LogP contribution >= 0.6 is 0 Å². The lowest BCUT2D eigenvalue weighted by atomic mass is 10.1. The molecule has 1 aromatic heterocycles. The van der Waals surface area contributed by atoms with Gasteiger partial charge in [0.2, 0.25) is 0 Å². The van der Waals surface area contributed by atoms with Crippen molar-refractivity contribution in [2.75, 3.05) is 24.5 Å². The fourth-order valence-corrected chi connectivity index (χ4v) is 2.20. The van der Waals surface area contributed by atoms with E-state index in [0.29, 0.717) is 32.3 Å². The number of hydrogen-bond acceptors (Lipinski definition) is 5. The summed E-state index contributed by atoms with van der Waals surface area (Å²) >= 11 is 0. The van der Waals surface area contributed by atoms with Crippen molar-refractivity contribution in [2.24, 2.45) is 0 Å². The Kier molecular flexibility index (Phi) is 4.31. The van der Waals surface area contributed by atoms with Gasteiger partial charge in [-0.1, -0.05) is 6.92 Å². The monoisotopic (exact) mass is 304 g/mol. The molecule has 1 aliphatic rings. The molecule has 1 N–H and O–H groups in total. The molecule has 0 aliphatic carbocycles. The molecular weight excluding hydrogens is 289 g/mol. The Morgan fingerprint density at radius 2 is 2.19 bits per heavy atom. The molecule has 0 spiro atoms. The van der Waals surface area contributed by atoms with Crippen LogP contribution in [0.3, 0.4) is 0 Å². The van der Waals surface area contributed by atoms with Gasteiger partial charge in [0.05, 0.1) is 11.0 Å². The van der Waals surface area contributed by atoms with E-state index in [9.17, 15) is 23.3 Å². The Hall–Kier alpha value is -1.90. The third kappa shape index (κ3) is 3.23. The lowest BCUT2D eigenvalue weighted by molar-refractivity contribution is -0.384. The summed E-state index contributed by atoms with van der Waals surface area (Å²) in [5, 5.41) is 14.1. The summed E-state index contributed by atoms with van der Waals surface area (Å²) in [5.74, 6) is 0. The summed E-state index contributed by atoms with van der Waals surface area (Å²) in [5.41, 5.74) is -1.53. The molecule has 21 heavy (non-hydrogen) atoms. The van der Waals surface area contributed by atoms with Gasteiger partial charge in [-0.15, -0.1) is 0 Å². The van der Waals surface area contributed by atoms with Crippen molar-refractivity contribution in [1.82, 2.24) is 10.3 Å². The highest BCUT2D eigenvalue weighted by molar-refractivity contribution is 5.64. The molecule has 1 aliphatic heterocycles. The molecule has 1 aromatic rings. The molecule has 0 atom stereocenters. The molecule has 9 heteroatoms. The molecule has 0 radical (unpaired) electrons. The topological polar surface area (TPSA) is 71.3 Å². The molecule has 0 unspecified atom stereocenters. The van der Waals surface area contributed by atoms with Crippen LogP contribution in [0.25, 0.3) is 0 Å². The largest absolute Gasteiger partial charge is 0.433 e. The zero-order chi connectivity index (χ0) is 15.6. The highest BCUT2D eigenvalue weighted by atomic mass is 19.4. The van der Waals surface area contributed by atoms with Gasteiger partial charge in [-0.05, 0) is 12.5 Å². The number of hydrogen-bond donors (Lipinski definition) is 1. The first-order chi connectivity index (χ1) is 9.84. The van der Waals surface area contributed by atoms with Gasteiger partial charge in [-0.3, -0.25) is 10.1 Å². The molecule has 0 amide bonds. The Morgan fingerprint density at radius 3 is 2.62 bits per heavy atom. The van der Waals surface area contributed by atoms with Crippen molar-refractivity contribution in [3.63, 3.8) is 0 Å². The van der Waals surface area contributed by atoms with Crippen molar-refractivity contribution in [3.05, 3.63) is 28.1 Å². The van der Waals surface area contributed by atoms with Crippen LogP contribution in [-0.4, -0.2) is 35.6 Å². The molecule has 1 fully saturated rings. The van der Waals surface area contributed by atoms with Crippen LogP contribution in [0.5, 0.6) is 0 Å². The Balaban J connectivity index is 2.47. The predicted octanol–water partition coefficient (Wildman–Crippen LogP) is 2.20. The first-order valence-electron chi connectivity index (χ1n) is 6.53. The zero-order valence-electron chi connectivity index (χ0n) is 11.4. The second kappa shape index (κ2) is 5.84. The Morgan fingerprint density at radius 1 is 1.52 bits per heavy atom. The highest BCUT2D eigenvalue weighted by Crippen LogP contribution is 2.36. The summed E-state index contributed by atoms with van der Waals surface area (Å²) in [7, 11) is 0. The first kappa shape index (κ1) is 15.5. The van der Waals surface area contributed by atoms with Gasteiger partial charge in [0.1, 0.15) is 17.6 Å². The summed E-state index contributed by atoms with van der Waals surface area (Å²) in [6, 6.07) is 0.735. The van der Waals surface area contributed by atoms with Crippen LogP contribution in [-0.2, 0) is 6.18 Å². The number of anilines is 1. The van der Waals surface area contributed by atoms with Crippen molar-refractivity contribution in [2.45, 2.75) is 25.6 Å². The zero-order valence-corrected chi connectivity index (χ0v) is 11.4. The van der Waals surface area contributed by atoms with E-state index in [4.69, 9.17) is 0 Å². The van der Waals surface area contributed by atoms with Gasteiger partial charge in [-0.2, -0.15) is 13.2 Å². The van der Waals surface area contributed by atoms with E-state index in [-0.39, 0.29) is 11.7 Å². The minimum atomic E-state index is -4.63. The van der Waals surface area contributed by atoms with Gasteiger partial charge in [0.15, 0.2) is 0 Å². The molecule has 1 saturated heterocycles. The minimum Gasteiger partial charge on any atom is -0.360 e. The maximum Gasteiger partial charge on any atom is 0.433 e. The smallest absolute Gasteiger partial charge is 0.360 e. The number of rotatable bonds is 5. The predicted molar refractivity (Wildman–Crippen MR) is 70.2 cm³/mol. The van der Waals surface area contributed by atoms with Crippen LogP contribution in [0.1, 0.15) is 19.0 Å². The first-order valence-corrected chi connectivity index (χ1v) is 6.53. The maximum absolute atomic E-state index is 12.8. The van der Waals surface area contributed by atoms with E-state index in [2.05, 4.69) is 10.3 Å². The summed E-state index contributed by atoms with van der Waals surface area (Å²) in [6.45, 7) is 3.52. The van der Waals surface area contributed by atoms with Crippen molar-refractivity contribution in [3.8, 4) is 0 Å². The van der Waals surface area contributed by atoms with E-state index < -0.39 is 22.5 Å². The average molecular weight is 304 g/mol. The molecule has 0 saturated carbocycles. The third-order valence-electron chi connectivity index (χ3n) is 3.32. The lowest BCUT2D eigenvalue weighted by Gasteiger charge is -2.39. The van der Waals surface area contributed by atoms with Gasteiger partial charge < -0.3 is 10.2 Å². The molecule has 0 bridgehead atoms. The standard InChI is InChI=1S/C12H15F3N4O2/c1-2-3-18(8-5-16-6-8)9-4-11(12(13,14)15)17-7-10(9)19(20)21/h4,7-8,16H,2-3,5-6H2,1H3. The average Bonchev–Trinajstić information content (AvgIpc) is 2.34. The van der Waals surface area contributed by atoms with Crippen LogP contribution in [0.15, 0.2) is 12.3 Å². The summed E-state index contributed by atoms with van der Waals surface area (Å²) in [6.07, 6.45) is -3.26.